The molecule has 0 saturated carbocycles. The number of rotatable bonds is 5. The number of carbonyl (C=O) groups excluding carboxylic acids is 1. The Balaban J connectivity index is 2.06. The zero-order valence-electron chi connectivity index (χ0n) is 11.8. The summed E-state index contributed by atoms with van der Waals surface area (Å²) in [6.45, 7) is 1.92. The molecule has 0 aliphatic heterocycles. The van der Waals surface area contributed by atoms with Crippen molar-refractivity contribution >= 4 is 50.9 Å². The normalized spacial score (nSPS) is 12.0. The maximum Gasteiger partial charge on any atom is 0.237 e. The highest BCUT2D eigenvalue weighted by Crippen LogP contribution is 2.28. The molecule has 2 rings (SSSR count). The molecule has 0 aliphatic carbocycles. The monoisotopic (exact) mass is 401 g/mol. The molecule has 2 aromatic rings. The van der Waals surface area contributed by atoms with E-state index in [9.17, 15) is 9.18 Å². The van der Waals surface area contributed by atoms with E-state index in [4.69, 9.17) is 11.6 Å². The molecule has 0 aliphatic rings. The van der Waals surface area contributed by atoms with E-state index in [1.54, 1.807) is 18.2 Å². The predicted octanol–water partition coefficient (Wildman–Crippen LogP) is 5.75. The lowest BCUT2D eigenvalue weighted by Gasteiger charge is -2.15. The van der Waals surface area contributed by atoms with Gasteiger partial charge in [-0.15, -0.1) is 11.8 Å². The number of thioether (sulfide) groups is 1. The number of benzene rings is 2. The largest absolute Gasteiger partial charge is 0.323 e. The fourth-order valence-electron chi connectivity index (χ4n) is 1.80. The minimum Gasteiger partial charge on any atom is -0.323 e. The molecule has 2 aromatic carbocycles. The van der Waals surface area contributed by atoms with Gasteiger partial charge in [-0.2, -0.15) is 0 Å². The van der Waals surface area contributed by atoms with Crippen LogP contribution < -0.4 is 5.32 Å². The first-order chi connectivity index (χ1) is 10.5. The second kappa shape index (κ2) is 7.99. The third-order valence-electron chi connectivity index (χ3n) is 2.94. The van der Waals surface area contributed by atoms with Crippen LogP contribution in [-0.2, 0) is 4.79 Å². The maximum absolute atomic E-state index is 13.8. The summed E-state index contributed by atoms with van der Waals surface area (Å²) in [5.41, 5.74) is 0.184. The van der Waals surface area contributed by atoms with Gasteiger partial charge >= 0.3 is 0 Å². The zero-order valence-corrected chi connectivity index (χ0v) is 14.9. The first kappa shape index (κ1) is 17.3. The number of halogens is 3. The van der Waals surface area contributed by atoms with E-state index in [-0.39, 0.29) is 16.8 Å². The van der Waals surface area contributed by atoms with Gasteiger partial charge in [-0.3, -0.25) is 4.79 Å². The Morgan fingerprint density at radius 3 is 2.59 bits per heavy atom. The van der Waals surface area contributed by atoms with Gasteiger partial charge < -0.3 is 5.32 Å². The Hall–Kier alpha value is -1.04. The molecule has 0 saturated heterocycles. The van der Waals surface area contributed by atoms with Gasteiger partial charge in [0, 0.05) is 14.4 Å². The summed E-state index contributed by atoms with van der Waals surface area (Å²) in [4.78, 5) is 13.3. The minimum atomic E-state index is -0.464. The maximum atomic E-state index is 13.8. The van der Waals surface area contributed by atoms with E-state index in [2.05, 4.69) is 21.2 Å². The van der Waals surface area contributed by atoms with Gasteiger partial charge in [0.05, 0.1) is 10.9 Å². The van der Waals surface area contributed by atoms with E-state index in [0.717, 1.165) is 4.90 Å². The van der Waals surface area contributed by atoms with Crippen LogP contribution in [0.2, 0.25) is 5.02 Å². The van der Waals surface area contributed by atoms with Crippen LogP contribution in [-0.4, -0.2) is 11.2 Å². The predicted molar refractivity (Wildman–Crippen MR) is 94.1 cm³/mol. The Morgan fingerprint density at radius 1 is 1.32 bits per heavy atom. The van der Waals surface area contributed by atoms with Crippen LogP contribution in [0.25, 0.3) is 0 Å². The molecule has 0 heterocycles. The fraction of sp³-hybridized carbons (Fsp3) is 0.188. The van der Waals surface area contributed by atoms with E-state index in [1.807, 2.05) is 19.1 Å². The number of hydrogen-bond acceptors (Lipinski definition) is 2. The Bertz CT molecular complexity index is 666. The molecule has 22 heavy (non-hydrogen) atoms. The molecule has 0 radical (unpaired) electrons. The van der Waals surface area contributed by atoms with Crippen molar-refractivity contribution in [2.24, 2.45) is 0 Å². The molecule has 6 heteroatoms. The van der Waals surface area contributed by atoms with Crippen LogP contribution in [0, 0.1) is 5.82 Å². The molecule has 0 bridgehead atoms. The quantitative estimate of drug-likeness (QED) is 0.645. The summed E-state index contributed by atoms with van der Waals surface area (Å²) >= 11 is 10.5. The Kier molecular flexibility index (Phi) is 6.29. The van der Waals surface area contributed by atoms with Gasteiger partial charge in [0.15, 0.2) is 0 Å². The molecule has 0 aromatic heterocycles. The van der Waals surface area contributed by atoms with Crippen LogP contribution in [0.1, 0.15) is 13.3 Å². The summed E-state index contributed by atoms with van der Waals surface area (Å²) in [6.07, 6.45) is 0.636. The highest BCUT2D eigenvalue weighted by molar-refractivity contribution is 9.10. The van der Waals surface area contributed by atoms with E-state index in [1.165, 1.54) is 23.9 Å². The van der Waals surface area contributed by atoms with Crippen molar-refractivity contribution in [3.63, 3.8) is 0 Å². The molecule has 0 fully saturated rings. The van der Waals surface area contributed by atoms with E-state index >= 15 is 0 Å². The fourth-order valence-corrected chi connectivity index (χ4v) is 3.22. The van der Waals surface area contributed by atoms with Gasteiger partial charge in [-0.1, -0.05) is 34.5 Å². The average Bonchev–Trinajstić information content (AvgIpc) is 2.49. The Morgan fingerprint density at radius 2 is 2.00 bits per heavy atom. The lowest BCUT2D eigenvalue weighted by molar-refractivity contribution is -0.115. The second-order valence-corrected chi connectivity index (χ2v) is 7.21. The van der Waals surface area contributed by atoms with Gasteiger partial charge in [-0.05, 0) is 48.9 Å². The van der Waals surface area contributed by atoms with E-state index in [0.29, 0.717) is 15.9 Å². The molecule has 2 nitrogen and oxygen atoms in total. The van der Waals surface area contributed by atoms with Crippen molar-refractivity contribution in [1.29, 1.82) is 0 Å². The molecular weight excluding hydrogens is 389 g/mol. The SMILES string of the molecule is CC[C@@H](Sc1ccc(Cl)cc1)C(=O)Nc1ccc(Br)cc1F. The van der Waals surface area contributed by atoms with E-state index < -0.39 is 5.82 Å². The van der Waals surface area contributed by atoms with Crippen molar-refractivity contribution in [3.05, 3.63) is 57.8 Å². The van der Waals surface area contributed by atoms with Crippen LogP contribution in [0.4, 0.5) is 10.1 Å². The van der Waals surface area contributed by atoms with Gasteiger partial charge in [-0.25, -0.2) is 4.39 Å². The van der Waals surface area contributed by atoms with Gasteiger partial charge in [0.2, 0.25) is 5.91 Å². The Labute approximate surface area is 146 Å². The van der Waals surface area contributed by atoms with Crippen molar-refractivity contribution in [3.8, 4) is 0 Å². The average molecular weight is 403 g/mol. The van der Waals surface area contributed by atoms with Gasteiger partial charge in [0.1, 0.15) is 5.82 Å². The number of nitrogens with one attached hydrogen (secondary N) is 1. The highest BCUT2D eigenvalue weighted by Gasteiger charge is 2.19. The topological polar surface area (TPSA) is 29.1 Å². The molecule has 1 N–H and O–H groups in total. The molecule has 0 spiro atoms. The summed E-state index contributed by atoms with van der Waals surface area (Å²) < 4.78 is 14.4. The number of carbonyl (C=O) groups is 1. The third kappa shape index (κ3) is 4.73. The molecule has 0 unspecified atom stereocenters. The summed E-state index contributed by atoms with van der Waals surface area (Å²) in [6, 6.07) is 11.8. The zero-order chi connectivity index (χ0) is 16.1. The third-order valence-corrected chi connectivity index (χ3v) is 5.07. The van der Waals surface area contributed by atoms with Crippen LogP contribution >= 0.6 is 39.3 Å². The smallest absolute Gasteiger partial charge is 0.237 e. The first-order valence-corrected chi connectivity index (χ1v) is 8.72. The number of anilines is 1. The van der Waals surface area contributed by atoms with Crippen LogP contribution in [0.15, 0.2) is 51.8 Å². The summed E-state index contributed by atoms with van der Waals surface area (Å²) in [5, 5.41) is 2.99. The van der Waals surface area contributed by atoms with Gasteiger partial charge in [0.25, 0.3) is 0 Å². The van der Waals surface area contributed by atoms with Crippen LogP contribution in [0.5, 0.6) is 0 Å². The second-order valence-electron chi connectivity index (χ2n) is 4.58. The van der Waals surface area contributed by atoms with Crippen molar-refractivity contribution in [2.75, 3.05) is 5.32 Å². The molecule has 116 valence electrons. The number of hydrogen-bond donors (Lipinski definition) is 1. The highest BCUT2D eigenvalue weighted by atomic mass is 79.9. The lowest BCUT2D eigenvalue weighted by Crippen LogP contribution is -2.25. The lowest BCUT2D eigenvalue weighted by atomic mass is 10.2. The van der Waals surface area contributed by atoms with Crippen molar-refractivity contribution in [1.82, 2.24) is 0 Å². The minimum absolute atomic E-state index is 0.184. The standard InChI is InChI=1S/C16H14BrClFNOS/c1-2-15(22-12-6-4-11(18)5-7-12)16(21)20-14-8-3-10(17)9-13(14)19/h3-9,15H,2H2,1H3,(H,20,21)/t15-/m1/s1. The van der Waals surface area contributed by atoms with Crippen molar-refractivity contribution in [2.45, 2.75) is 23.5 Å². The van der Waals surface area contributed by atoms with Crippen LogP contribution in [0.3, 0.4) is 0 Å². The molecule has 1 amide bonds. The first-order valence-electron chi connectivity index (χ1n) is 6.67. The molecular formula is C16H14BrClFNOS. The summed E-state index contributed by atoms with van der Waals surface area (Å²) in [7, 11) is 0. The summed E-state index contributed by atoms with van der Waals surface area (Å²) in [5.74, 6) is -0.683. The molecule has 1 atom stereocenters. The van der Waals surface area contributed by atoms with Crippen molar-refractivity contribution < 1.29 is 9.18 Å². The number of amides is 1.